The van der Waals surface area contributed by atoms with Gasteiger partial charge in [0.1, 0.15) is 0 Å². The van der Waals surface area contributed by atoms with Gasteiger partial charge < -0.3 is 9.73 Å². The van der Waals surface area contributed by atoms with E-state index in [-0.39, 0.29) is 0 Å². The molecule has 5 heteroatoms. The fraction of sp³-hybridized carbons (Fsp3) is 0.333. The first-order valence-corrected chi connectivity index (χ1v) is 5.49. The van der Waals surface area contributed by atoms with Crippen molar-refractivity contribution in [1.29, 1.82) is 5.26 Å². The van der Waals surface area contributed by atoms with Crippen LogP contribution in [-0.4, -0.2) is 18.1 Å². The van der Waals surface area contributed by atoms with Gasteiger partial charge in [-0.2, -0.15) is 5.26 Å². The van der Waals surface area contributed by atoms with Gasteiger partial charge in [-0.05, 0) is 30.7 Å². The summed E-state index contributed by atoms with van der Waals surface area (Å²) in [5.74, 6) is -0.427. The highest BCUT2D eigenvalue weighted by Crippen LogP contribution is 2.12. The molecule has 0 fully saturated rings. The zero-order valence-corrected chi connectivity index (χ0v) is 9.32. The first-order chi connectivity index (χ1) is 8.29. The molecule has 0 atom stereocenters. The quantitative estimate of drug-likeness (QED) is 0.757. The summed E-state index contributed by atoms with van der Waals surface area (Å²) in [4.78, 5) is 13.6. The highest BCUT2D eigenvalue weighted by Gasteiger charge is 2.01. The molecule has 0 amide bonds. The normalized spacial score (nSPS) is 10.5. The molecule has 1 aromatic heterocycles. The third-order valence-electron chi connectivity index (χ3n) is 2.49. The number of rotatable bonds is 5. The number of H-pyrrole nitrogens is 1. The van der Waals surface area contributed by atoms with E-state index in [1.807, 2.05) is 12.1 Å². The van der Waals surface area contributed by atoms with Crippen molar-refractivity contribution in [3.63, 3.8) is 0 Å². The third-order valence-corrected chi connectivity index (χ3v) is 2.49. The molecule has 1 aromatic carbocycles. The van der Waals surface area contributed by atoms with Crippen molar-refractivity contribution in [2.75, 3.05) is 13.1 Å². The number of aromatic amines is 1. The van der Waals surface area contributed by atoms with Crippen molar-refractivity contribution in [2.45, 2.75) is 12.8 Å². The lowest BCUT2D eigenvalue weighted by atomic mass is 10.1. The fourth-order valence-corrected chi connectivity index (χ4v) is 1.66. The maximum atomic E-state index is 11.0. The van der Waals surface area contributed by atoms with Crippen LogP contribution in [0.2, 0.25) is 0 Å². The average Bonchev–Trinajstić information content (AvgIpc) is 2.68. The molecule has 0 radical (unpaired) electrons. The van der Waals surface area contributed by atoms with Gasteiger partial charge >= 0.3 is 5.76 Å². The standard InChI is InChI=1S/C12H13N3O2/c13-5-1-6-14-7-4-9-2-3-11-10(8-9)15-12(16)17-11/h2-3,8,14H,1,4,6-7H2,(H,15,16). The molecule has 0 aliphatic heterocycles. The van der Waals surface area contributed by atoms with Crippen LogP contribution in [0.1, 0.15) is 12.0 Å². The van der Waals surface area contributed by atoms with Gasteiger partial charge in [0, 0.05) is 13.0 Å². The van der Waals surface area contributed by atoms with Crippen LogP contribution in [0.5, 0.6) is 0 Å². The van der Waals surface area contributed by atoms with Gasteiger partial charge in [-0.1, -0.05) is 6.07 Å². The van der Waals surface area contributed by atoms with Crippen LogP contribution in [0.25, 0.3) is 11.1 Å². The summed E-state index contributed by atoms with van der Waals surface area (Å²) in [5.41, 5.74) is 2.43. The summed E-state index contributed by atoms with van der Waals surface area (Å²) in [6, 6.07) is 7.71. The van der Waals surface area contributed by atoms with Crippen LogP contribution >= 0.6 is 0 Å². The first kappa shape index (κ1) is 11.4. The minimum absolute atomic E-state index is 0.427. The Hall–Kier alpha value is -2.06. The van der Waals surface area contributed by atoms with Gasteiger partial charge in [0.25, 0.3) is 0 Å². The van der Waals surface area contributed by atoms with Crippen molar-refractivity contribution in [2.24, 2.45) is 0 Å². The molecule has 88 valence electrons. The van der Waals surface area contributed by atoms with Gasteiger partial charge in [0.15, 0.2) is 5.58 Å². The SMILES string of the molecule is N#CCCNCCc1ccc2oc(=O)[nH]c2c1. The van der Waals surface area contributed by atoms with E-state index in [0.717, 1.165) is 24.0 Å². The molecular weight excluding hydrogens is 218 g/mol. The second-order valence-corrected chi connectivity index (χ2v) is 3.75. The molecule has 1 heterocycles. The van der Waals surface area contributed by atoms with E-state index in [0.29, 0.717) is 18.5 Å². The van der Waals surface area contributed by atoms with E-state index in [9.17, 15) is 4.79 Å². The molecule has 5 nitrogen and oxygen atoms in total. The Morgan fingerprint density at radius 3 is 3.12 bits per heavy atom. The number of nitriles is 1. The first-order valence-electron chi connectivity index (χ1n) is 5.49. The third kappa shape index (κ3) is 2.95. The van der Waals surface area contributed by atoms with Crippen LogP contribution in [0.3, 0.4) is 0 Å². The molecule has 2 N–H and O–H groups in total. The fourth-order valence-electron chi connectivity index (χ4n) is 1.66. The lowest BCUT2D eigenvalue weighted by molar-refractivity contribution is 0.555. The van der Waals surface area contributed by atoms with Gasteiger partial charge in [0.05, 0.1) is 11.6 Å². The van der Waals surface area contributed by atoms with Gasteiger partial charge in [-0.15, -0.1) is 0 Å². The van der Waals surface area contributed by atoms with Gasteiger partial charge in [0.2, 0.25) is 0 Å². The Balaban J connectivity index is 1.95. The highest BCUT2D eigenvalue weighted by atomic mass is 16.4. The molecule has 0 spiro atoms. The summed E-state index contributed by atoms with van der Waals surface area (Å²) in [6.07, 6.45) is 1.38. The molecule has 0 saturated heterocycles. The largest absolute Gasteiger partial charge is 0.417 e. The Morgan fingerprint density at radius 2 is 2.29 bits per heavy atom. The van der Waals surface area contributed by atoms with Crippen molar-refractivity contribution in [3.05, 3.63) is 34.3 Å². The zero-order chi connectivity index (χ0) is 12.1. The summed E-state index contributed by atoms with van der Waals surface area (Å²) in [7, 11) is 0. The summed E-state index contributed by atoms with van der Waals surface area (Å²) in [6.45, 7) is 1.52. The average molecular weight is 231 g/mol. The molecule has 0 bridgehead atoms. The number of hydrogen-bond acceptors (Lipinski definition) is 4. The maximum absolute atomic E-state index is 11.0. The number of hydrogen-bond donors (Lipinski definition) is 2. The number of oxazole rings is 1. The monoisotopic (exact) mass is 231 g/mol. The van der Waals surface area contributed by atoms with Crippen LogP contribution in [0, 0.1) is 11.3 Å². The molecule has 0 aliphatic rings. The Labute approximate surface area is 98.1 Å². The van der Waals surface area contributed by atoms with E-state index in [1.165, 1.54) is 0 Å². The summed E-state index contributed by atoms with van der Waals surface area (Å²) >= 11 is 0. The highest BCUT2D eigenvalue weighted by molar-refractivity contribution is 5.72. The minimum Gasteiger partial charge on any atom is -0.408 e. The zero-order valence-electron chi connectivity index (χ0n) is 9.32. The summed E-state index contributed by atoms with van der Waals surface area (Å²) in [5, 5.41) is 11.5. The van der Waals surface area contributed by atoms with Crippen molar-refractivity contribution < 1.29 is 4.42 Å². The second-order valence-electron chi connectivity index (χ2n) is 3.75. The number of nitrogens with zero attached hydrogens (tertiary/aromatic N) is 1. The minimum atomic E-state index is -0.427. The Kier molecular flexibility index (Phi) is 3.58. The van der Waals surface area contributed by atoms with Crippen molar-refractivity contribution in [3.8, 4) is 6.07 Å². The number of nitrogens with one attached hydrogen (secondary N) is 2. The maximum Gasteiger partial charge on any atom is 0.417 e. The summed E-state index contributed by atoms with van der Waals surface area (Å²) < 4.78 is 4.92. The van der Waals surface area contributed by atoms with E-state index >= 15 is 0 Å². The van der Waals surface area contributed by atoms with Crippen LogP contribution < -0.4 is 11.1 Å². The van der Waals surface area contributed by atoms with Crippen LogP contribution in [-0.2, 0) is 6.42 Å². The van der Waals surface area contributed by atoms with Gasteiger partial charge in [-0.3, -0.25) is 4.98 Å². The molecule has 2 aromatic rings. The Morgan fingerprint density at radius 1 is 1.41 bits per heavy atom. The predicted molar refractivity (Wildman–Crippen MR) is 63.6 cm³/mol. The topological polar surface area (TPSA) is 81.8 Å². The molecule has 17 heavy (non-hydrogen) atoms. The van der Waals surface area contributed by atoms with E-state index in [1.54, 1.807) is 6.07 Å². The van der Waals surface area contributed by atoms with Crippen LogP contribution in [0.15, 0.2) is 27.4 Å². The van der Waals surface area contributed by atoms with E-state index in [4.69, 9.17) is 9.68 Å². The molecular formula is C12H13N3O2. The number of fused-ring (bicyclic) bond motifs is 1. The smallest absolute Gasteiger partial charge is 0.408 e. The molecule has 2 rings (SSSR count). The number of aromatic nitrogens is 1. The van der Waals surface area contributed by atoms with E-state index in [2.05, 4.69) is 16.4 Å². The van der Waals surface area contributed by atoms with Crippen molar-refractivity contribution in [1.82, 2.24) is 10.3 Å². The second kappa shape index (κ2) is 5.32. The lowest BCUT2D eigenvalue weighted by Crippen LogP contribution is -2.18. The molecule has 0 aliphatic carbocycles. The Bertz CT molecular complexity index is 592. The molecule has 0 unspecified atom stereocenters. The van der Waals surface area contributed by atoms with E-state index < -0.39 is 5.76 Å². The van der Waals surface area contributed by atoms with Crippen LogP contribution in [0.4, 0.5) is 0 Å². The lowest BCUT2D eigenvalue weighted by Gasteiger charge is -2.02. The predicted octanol–water partition coefficient (Wildman–Crippen LogP) is 1.17. The van der Waals surface area contributed by atoms with Crippen molar-refractivity contribution >= 4 is 11.1 Å². The number of benzene rings is 1. The molecule has 0 saturated carbocycles. The van der Waals surface area contributed by atoms with Gasteiger partial charge in [-0.25, -0.2) is 4.79 Å².